The van der Waals surface area contributed by atoms with E-state index in [1.165, 1.54) is 12.1 Å². The smallest absolute Gasteiger partial charge is 0.339 e. The first-order valence-electron chi connectivity index (χ1n) is 7.64. The lowest BCUT2D eigenvalue weighted by Crippen LogP contribution is -2.21. The lowest BCUT2D eigenvalue weighted by Gasteiger charge is -2.19. The first-order chi connectivity index (χ1) is 10.5. The molecule has 0 radical (unpaired) electrons. The fourth-order valence-corrected chi connectivity index (χ4v) is 2.20. The van der Waals surface area contributed by atoms with Crippen molar-refractivity contribution in [2.75, 3.05) is 0 Å². The summed E-state index contributed by atoms with van der Waals surface area (Å²) in [5.74, 6) is -1.31. The van der Waals surface area contributed by atoms with Crippen molar-refractivity contribution in [1.29, 1.82) is 0 Å². The van der Waals surface area contributed by atoms with Crippen LogP contribution in [0.3, 0.4) is 0 Å². The van der Waals surface area contributed by atoms with Gasteiger partial charge in [-0.15, -0.1) is 0 Å². The minimum atomic E-state index is -1.13. The highest BCUT2D eigenvalue weighted by Crippen LogP contribution is 2.17. The highest BCUT2D eigenvalue weighted by atomic mass is 16.5. The molecule has 4 nitrogen and oxygen atoms in total. The molecule has 0 spiro atoms. The van der Waals surface area contributed by atoms with Gasteiger partial charge in [0, 0.05) is 6.42 Å². The molecule has 0 saturated heterocycles. The minimum absolute atomic E-state index is 0.0279. The van der Waals surface area contributed by atoms with Crippen molar-refractivity contribution in [2.24, 2.45) is 5.92 Å². The molecule has 1 aromatic rings. The Balaban J connectivity index is 2.86. The number of benzene rings is 1. The van der Waals surface area contributed by atoms with Gasteiger partial charge in [-0.05, 0) is 30.9 Å². The maximum atomic E-state index is 12.3. The van der Waals surface area contributed by atoms with Crippen LogP contribution in [0.2, 0.25) is 0 Å². The van der Waals surface area contributed by atoms with Crippen molar-refractivity contribution >= 4 is 11.9 Å². The zero-order valence-corrected chi connectivity index (χ0v) is 13.4. The molecule has 1 N–H and O–H groups in total. The number of esters is 1. The van der Waals surface area contributed by atoms with E-state index in [-0.39, 0.29) is 17.2 Å². The average Bonchev–Trinajstić information content (AvgIpc) is 2.46. The van der Waals surface area contributed by atoms with E-state index in [0.29, 0.717) is 12.3 Å². The van der Waals surface area contributed by atoms with Gasteiger partial charge in [-0.25, -0.2) is 9.59 Å². The predicted molar refractivity (Wildman–Crippen MR) is 86.1 cm³/mol. The van der Waals surface area contributed by atoms with Crippen molar-refractivity contribution < 1.29 is 19.4 Å². The van der Waals surface area contributed by atoms with Crippen LogP contribution in [-0.2, 0) is 4.74 Å². The van der Waals surface area contributed by atoms with Crippen LogP contribution < -0.4 is 0 Å². The zero-order chi connectivity index (χ0) is 16.5. The lowest BCUT2D eigenvalue weighted by molar-refractivity contribution is 0.0256. The van der Waals surface area contributed by atoms with Crippen LogP contribution >= 0.6 is 0 Å². The van der Waals surface area contributed by atoms with Gasteiger partial charge in [-0.3, -0.25) is 0 Å². The number of allylic oxidation sites excluding steroid dienone is 1. The Bertz CT molecular complexity index is 532. The standard InChI is InChI=1S/C18H24O4/c1-4-5-6-9-14(12-13(2)3)22-18(21)16-11-8-7-10-15(16)17(19)20/h5-8,10-11,13-14H,4,9,12H2,1-3H3,(H,19,20). The zero-order valence-electron chi connectivity index (χ0n) is 13.4. The van der Waals surface area contributed by atoms with E-state index >= 15 is 0 Å². The summed E-state index contributed by atoms with van der Waals surface area (Å²) >= 11 is 0. The summed E-state index contributed by atoms with van der Waals surface area (Å²) in [6.07, 6.45) is 6.12. The molecule has 0 aliphatic rings. The van der Waals surface area contributed by atoms with Gasteiger partial charge in [0.25, 0.3) is 0 Å². The molecule has 0 heterocycles. The van der Waals surface area contributed by atoms with Crippen LogP contribution in [-0.4, -0.2) is 23.1 Å². The molecule has 1 atom stereocenters. The van der Waals surface area contributed by atoms with E-state index in [9.17, 15) is 9.59 Å². The Morgan fingerprint density at radius 1 is 1.18 bits per heavy atom. The van der Waals surface area contributed by atoms with Gasteiger partial charge in [-0.1, -0.05) is 45.1 Å². The summed E-state index contributed by atoms with van der Waals surface area (Å²) in [4.78, 5) is 23.5. The Morgan fingerprint density at radius 3 is 2.36 bits per heavy atom. The van der Waals surface area contributed by atoms with Gasteiger partial charge in [0.05, 0.1) is 11.1 Å². The molecule has 0 amide bonds. The third-order valence-electron chi connectivity index (χ3n) is 3.19. The third-order valence-corrected chi connectivity index (χ3v) is 3.19. The molecular formula is C18H24O4. The average molecular weight is 304 g/mol. The third kappa shape index (κ3) is 5.72. The van der Waals surface area contributed by atoms with Gasteiger partial charge >= 0.3 is 11.9 Å². The van der Waals surface area contributed by atoms with E-state index in [4.69, 9.17) is 9.84 Å². The molecule has 0 fully saturated rings. The monoisotopic (exact) mass is 304 g/mol. The first-order valence-corrected chi connectivity index (χ1v) is 7.64. The largest absolute Gasteiger partial charge is 0.478 e. The molecule has 1 aromatic carbocycles. The molecule has 0 aromatic heterocycles. The molecular weight excluding hydrogens is 280 g/mol. The van der Waals surface area contributed by atoms with E-state index in [0.717, 1.165) is 12.8 Å². The van der Waals surface area contributed by atoms with E-state index in [1.54, 1.807) is 12.1 Å². The summed E-state index contributed by atoms with van der Waals surface area (Å²) in [6.45, 7) is 6.17. The molecule has 0 aliphatic heterocycles. The number of carbonyl (C=O) groups excluding carboxylic acids is 1. The van der Waals surface area contributed by atoms with Crippen molar-refractivity contribution in [1.82, 2.24) is 0 Å². The number of rotatable bonds is 8. The second-order valence-corrected chi connectivity index (χ2v) is 5.62. The Labute approximate surface area is 131 Å². The number of carbonyl (C=O) groups is 2. The van der Waals surface area contributed by atoms with Crippen LogP contribution in [0.15, 0.2) is 36.4 Å². The fourth-order valence-electron chi connectivity index (χ4n) is 2.20. The number of hydrogen-bond donors (Lipinski definition) is 1. The number of hydrogen-bond acceptors (Lipinski definition) is 3. The van der Waals surface area contributed by atoms with E-state index < -0.39 is 11.9 Å². The summed E-state index contributed by atoms with van der Waals surface area (Å²) in [7, 11) is 0. The molecule has 22 heavy (non-hydrogen) atoms. The summed E-state index contributed by atoms with van der Waals surface area (Å²) in [5.41, 5.74) is 0.0723. The number of carboxylic acid groups (broad SMARTS) is 1. The van der Waals surface area contributed by atoms with Crippen LogP contribution in [0.25, 0.3) is 0 Å². The molecule has 0 aliphatic carbocycles. The van der Waals surface area contributed by atoms with Crippen LogP contribution in [0.1, 0.15) is 60.7 Å². The summed E-state index contributed by atoms with van der Waals surface area (Å²) in [5, 5.41) is 9.15. The Morgan fingerprint density at radius 2 is 1.82 bits per heavy atom. The normalized spacial score (nSPS) is 12.5. The maximum Gasteiger partial charge on any atom is 0.339 e. The fraction of sp³-hybridized carbons (Fsp3) is 0.444. The van der Waals surface area contributed by atoms with Crippen molar-refractivity contribution in [3.05, 3.63) is 47.5 Å². The molecule has 120 valence electrons. The van der Waals surface area contributed by atoms with Gasteiger partial charge < -0.3 is 9.84 Å². The Kier molecular flexibility index (Phi) is 7.37. The molecule has 1 rings (SSSR count). The van der Waals surface area contributed by atoms with E-state index in [2.05, 4.69) is 13.8 Å². The lowest BCUT2D eigenvalue weighted by atomic mass is 10.0. The second-order valence-electron chi connectivity index (χ2n) is 5.62. The van der Waals surface area contributed by atoms with Gasteiger partial charge in [-0.2, -0.15) is 0 Å². The van der Waals surface area contributed by atoms with Crippen molar-refractivity contribution in [3.63, 3.8) is 0 Å². The molecule has 1 unspecified atom stereocenters. The van der Waals surface area contributed by atoms with Crippen LogP contribution in [0.5, 0.6) is 0 Å². The van der Waals surface area contributed by atoms with Gasteiger partial charge in [0.1, 0.15) is 6.10 Å². The quantitative estimate of drug-likeness (QED) is 0.574. The maximum absolute atomic E-state index is 12.3. The molecule has 0 saturated carbocycles. The Hall–Kier alpha value is -2.10. The summed E-state index contributed by atoms with van der Waals surface area (Å²) in [6, 6.07) is 6.13. The van der Waals surface area contributed by atoms with Gasteiger partial charge in [0.2, 0.25) is 0 Å². The van der Waals surface area contributed by atoms with Crippen LogP contribution in [0, 0.1) is 5.92 Å². The minimum Gasteiger partial charge on any atom is -0.478 e. The summed E-state index contributed by atoms with van der Waals surface area (Å²) < 4.78 is 5.53. The number of aromatic carboxylic acids is 1. The van der Waals surface area contributed by atoms with E-state index in [1.807, 2.05) is 19.1 Å². The van der Waals surface area contributed by atoms with Gasteiger partial charge in [0.15, 0.2) is 0 Å². The highest BCUT2D eigenvalue weighted by molar-refractivity contribution is 6.02. The second kappa shape index (κ2) is 9.03. The first kappa shape index (κ1) is 18.0. The topological polar surface area (TPSA) is 63.6 Å². The molecule has 0 bridgehead atoms. The van der Waals surface area contributed by atoms with Crippen LogP contribution in [0.4, 0.5) is 0 Å². The van der Waals surface area contributed by atoms with Crippen molar-refractivity contribution in [2.45, 2.75) is 46.1 Å². The highest BCUT2D eigenvalue weighted by Gasteiger charge is 2.21. The number of ether oxygens (including phenoxy) is 1. The predicted octanol–water partition coefficient (Wildman–Crippen LogP) is 4.31. The number of carboxylic acids is 1. The SMILES string of the molecule is CCC=CCC(CC(C)C)OC(=O)c1ccccc1C(=O)O. The van der Waals surface area contributed by atoms with Crippen molar-refractivity contribution in [3.8, 4) is 0 Å². The molecule has 4 heteroatoms.